The van der Waals surface area contributed by atoms with Gasteiger partial charge in [0, 0.05) is 23.6 Å². The quantitative estimate of drug-likeness (QED) is 0.794. The molecule has 0 spiro atoms. The summed E-state index contributed by atoms with van der Waals surface area (Å²) >= 11 is 1.94. The van der Waals surface area contributed by atoms with Crippen molar-refractivity contribution in [3.8, 4) is 0 Å². The van der Waals surface area contributed by atoms with Gasteiger partial charge in [0.15, 0.2) is 0 Å². The molecule has 2 nitrogen and oxygen atoms in total. The second kappa shape index (κ2) is 5.12. The van der Waals surface area contributed by atoms with E-state index < -0.39 is 0 Å². The van der Waals surface area contributed by atoms with E-state index in [1.165, 1.54) is 41.3 Å². The lowest BCUT2D eigenvalue weighted by atomic mass is 9.87. The molecule has 18 heavy (non-hydrogen) atoms. The number of aromatic nitrogens is 1. The second-order valence-corrected chi connectivity index (χ2v) is 6.86. The highest BCUT2D eigenvalue weighted by Crippen LogP contribution is 2.41. The van der Waals surface area contributed by atoms with Gasteiger partial charge in [-0.2, -0.15) is 0 Å². The van der Waals surface area contributed by atoms with Gasteiger partial charge in [-0.25, -0.2) is 4.98 Å². The molecule has 0 atom stereocenters. The maximum atomic E-state index is 11.3. The fraction of sp³-hybridized carbons (Fsp3) is 0.733. The Morgan fingerprint density at radius 1 is 1.06 bits per heavy atom. The van der Waals surface area contributed by atoms with Crippen LogP contribution in [0.3, 0.4) is 0 Å². The Hall–Kier alpha value is -0.700. The summed E-state index contributed by atoms with van der Waals surface area (Å²) in [5.41, 5.74) is 1.24. The summed E-state index contributed by atoms with van der Waals surface area (Å²) < 4.78 is 0. The van der Waals surface area contributed by atoms with Crippen molar-refractivity contribution in [2.24, 2.45) is 0 Å². The Morgan fingerprint density at radius 2 is 1.72 bits per heavy atom. The van der Waals surface area contributed by atoms with E-state index in [0.29, 0.717) is 11.7 Å². The van der Waals surface area contributed by atoms with Gasteiger partial charge in [-0.05, 0) is 38.5 Å². The van der Waals surface area contributed by atoms with Crippen LogP contribution in [-0.4, -0.2) is 10.8 Å². The largest absolute Gasteiger partial charge is 0.300 e. The fourth-order valence-electron chi connectivity index (χ4n) is 3.36. The number of nitrogens with zero attached hydrogens (tertiary/aromatic N) is 1. The average molecular weight is 263 g/mol. The number of hydrogen-bond acceptors (Lipinski definition) is 3. The van der Waals surface area contributed by atoms with Gasteiger partial charge in [0.05, 0.1) is 10.7 Å². The van der Waals surface area contributed by atoms with Crippen molar-refractivity contribution in [2.45, 2.75) is 70.1 Å². The first-order valence-corrected chi connectivity index (χ1v) is 8.04. The maximum Gasteiger partial charge on any atom is 0.132 e. The molecule has 1 aromatic rings. The molecular formula is C15H21NOS. The molecule has 0 aliphatic heterocycles. The molecule has 2 aliphatic carbocycles. The minimum absolute atomic E-state index is 0.449. The average Bonchev–Trinajstić information content (AvgIpc) is 2.99. The molecule has 0 amide bonds. The standard InChI is InChI=1S/C15H21NOS/c1-10-14(11-6-8-13(17)9-7-11)18-15(16-10)12-4-2-3-5-12/h11-12H,2-9H2,1H3. The summed E-state index contributed by atoms with van der Waals surface area (Å²) in [5, 5.41) is 1.37. The number of ketones is 1. The molecule has 0 aromatic carbocycles. The van der Waals surface area contributed by atoms with Gasteiger partial charge in [0.2, 0.25) is 0 Å². The molecule has 0 N–H and O–H groups in total. The van der Waals surface area contributed by atoms with Crippen LogP contribution in [0, 0.1) is 6.92 Å². The van der Waals surface area contributed by atoms with Crippen molar-refractivity contribution in [3.63, 3.8) is 0 Å². The van der Waals surface area contributed by atoms with Crippen molar-refractivity contribution >= 4 is 17.1 Å². The Labute approximate surface area is 113 Å². The zero-order valence-electron chi connectivity index (χ0n) is 11.1. The van der Waals surface area contributed by atoms with Gasteiger partial charge >= 0.3 is 0 Å². The van der Waals surface area contributed by atoms with Gasteiger partial charge in [0.25, 0.3) is 0 Å². The Bertz CT molecular complexity index is 435. The molecule has 1 aromatic heterocycles. The van der Waals surface area contributed by atoms with Crippen molar-refractivity contribution in [1.29, 1.82) is 0 Å². The third-order valence-electron chi connectivity index (χ3n) is 4.47. The normalized spacial score (nSPS) is 22.8. The van der Waals surface area contributed by atoms with Crippen molar-refractivity contribution in [1.82, 2.24) is 4.98 Å². The van der Waals surface area contributed by atoms with Crippen LogP contribution in [0.2, 0.25) is 0 Å². The molecule has 3 rings (SSSR count). The van der Waals surface area contributed by atoms with Crippen molar-refractivity contribution in [3.05, 3.63) is 15.6 Å². The predicted molar refractivity (Wildman–Crippen MR) is 74.3 cm³/mol. The summed E-state index contributed by atoms with van der Waals surface area (Å²) in [4.78, 5) is 17.6. The highest BCUT2D eigenvalue weighted by molar-refractivity contribution is 7.12. The van der Waals surface area contributed by atoms with Crippen molar-refractivity contribution < 1.29 is 4.79 Å². The van der Waals surface area contributed by atoms with E-state index in [2.05, 4.69) is 6.92 Å². The first-order valence-electron chi connectivity index (χ1n) is 7.23. The van der Waals surface area contributed by atoms with Gasteiger partial charge < -0.3 is 0 Å². The Balaban J connectivity index is 1.77. The van der Waals surface area contributed by atoms with Gasteiger partial charge in [-0.3, -0.25) is 4.79 Å². The highest BCUT2D eigenvalue weighted by Gasteiger charge is 2.27. The topological polar surface area (TPSA) is 30.0 Å². The maximum absolute atomic E-state index is 11.3. The number of thiazole rings is 1. The molecule has 2 saturated carbocycles. The highest BCUT2D eigenvalue weighted by atomic mass is 32.1. The Morgan fingerprint density at radius 3 is 2.39 bits per heavy atom. The molecule has 98 valence electrons. The minimum atomic E-state index is 0.449. The van der Waals surface area contributed by atoms with Crippen LogP contribution in [0.1, 0.15) is 78.8 Å². The molecule has 2 fully saturated rings. The lowest BCUT2D eigenvalue weighted by Gasteiger charge is -2.19. The third-order valence-corrected chi connectivity index (χ3v) is 5.95. The van der Waals surface area contributed by atoms with Crippen molar-refractivity contribution in [2.75, 3.05) is 0 Å². The van der Waals surface area contributed by atoms with Crippen LogP contribution < -0.4 is 0 Å². The number of carbonyl (C=O) groups excluding carboxylic acids is 1. The molecule has 0 unspecified atom stereocenters. The van der Waals surface area contributed by atoms with E-state index in [1.54, 1.807) is 0 Å². The van der Waals surface area contributed by atoms with E-state index in [4.69, 9.17) is 4.98 Å². The molecular weight excluding hydrogens is 242 g/mol. The number of aryl methyl sites for hydroxylation is 1. The smallest absolute Gasteiger partial charge is 0.132 e. The SMILES string of the molecule is Cc1nc(C2CCCC2)sc1C1CCC(=O)CC1. The summed E-state index contributed by atoms with van der Waals surface area (Å²) in [6, 6.07) is 0. The van der Waals surface area contributed by atoms with E-state index in [1.807, 2.05) is 11.3 Å². The number of Topliss-reactive ketones (excluding diaryl/α,β-unsaturated/α-hetero) is 1. The van der Waals surface area contributed by atoms with Gasteiger partial charge in [-0.15, -0.1) is 11.3 Å². The molecule has 0 saturated heterocycles. The number of rotatable bonds is 2. The zero-order chi connectivity index (χ0) is 12.5. The molecule has 1 heterocycles. The third kappa shape index (κ3) is 2.37. The first-order chi connectivity index (χ1) is 8.74. The van der Waals surface area contributed by atoms with Crippen LogP contribution in [0.15, 0.2) is 0 Å². The predicted octanol–water partition coefficient (Wildman–Crippen LogP) is 4.34. The molecule has 3 heteroatoms. The fourth-order valence-corrected chi connectivity index (χ4v) is 4.76. The van der Waals surface area contributed by atoms with Crippen LogP contribution in [0.25, 0.3) is 0 Å². The number of carbonyl (C=O) groups is 1. The number of hydrogen-bond donors (Lipinski definition) is 0. The summed E-state index contributed by atoms with van der Waals surface area (Å²) in [6.45, 7) is 2.15. The molecule has 2 aliphatic rings. The van der Waals surface area contributed by atoms with E-state index in [0.717, 1.165) is 31.6 Å². The lowest BCUT2D eigenvalue weighted by molar-refractivity contribution is -0.120. The monoisotopic (exact) mass is 263 g/mol. The van der Waals surface area contributed by atoms with E-state index in [-0.39, 0.29) is 0 Å². The molecule has 0 radical (unpaired) electrons. The zero-order valence-corrected chi connectivity index (χ0v) is 11.9. The summed E-state index contributed by atoms with van der Waals surface area (Å²) in [5.74, 6) is 1.78. The first kappa shape index (κ1) is 12.3. The Kier molecular flexibility index (Phi) is 3.51. The van der Waals surface area contributed by atoms with Crippen LogP contribution in [0.5, 0.6) is 0 Å². The summed E-state index contributed by atoms with van der Waals surface area (Å²) in [6.07, 6.45) is 9.05. The summed E-state index contributed by atoms with van der Waals surface area (Å²) in [7, 11) is 0. The van der Waals surface area contributed by atoms with E-state index in [9.17, 15) is 4.79 Å². The molecule has 0 bridgehead atoms. The van der Waals surface area contributed by atoms with Gasteiger partial charge in [0.1, 0.15) is 5.78 Å². The minimum Gasteiger partial charge on any atom is -0.300 e. The van der Waals surface area contributed by atoms with Gasteiger partial charge in [-0.1, -0.05) is 12.8 Å². The van der Waals surface area contributed by atoms with E-state index >= 15 is 0 Å². The van der Waals surface area contributed by atoms with Crippen LogP contribution in [0.4, 0.5) is 0 Å². The van der Waals surface area contributed by atoms with Crippen LogP contribution >= 0.6 is 11.3 Å². The van der Waals surface area contributed by atoms with Crippen LogP contribution in [-0.2, 0) is 4.79 Å². The second-order valence-electron chi connectivity index (χ2n) is 5.80. The lowest BCUT2D eigenvalue weighted by Crippen LogP contribution is -2.12.